The Bertz CT molecular complexity index is 448. The first-order chi connectivity index (χ1) is 9.24. The summed E-state index contributed by atoms with van der Waals surface area (Å²) in [7, 11) is 3.23. The molecule has 0 bridgehead atoms. The van der Waals surface area contributed by atoms with Gasteiger partial charge >= 0.3 is 0 Å². The van der Waals surface area contributed by atoms with E-state index in [2.05, 4.69) is 10.6 Å². The van der Waals surface area contributed by atoms with Gasteiger partial charge in [0.1, 0.15) is 17.5 Å². The monoisotopic (exact) mass is 264 g/mol. The molecule has 104 valence electrons. The zero-order valence-corrected chi connectivity index (χ0v) is 11.4. The van der Waals surface area contributed by atoms with Gasteiger partial charge in [-0.15, -0.1) is 0 Å². The van der Waals surface area contributed by atoms with Crippen molar-refractivity contribution in [1.29, 1.82) is 0 Å². The fraction of sp³-hybridized carbons (Fsp3) is 0.500. The Morgan fingerprint density at radius 3 is 2.84 bits per heavy atom. The van der Waals surface area contributed by atoms with Gasteiger partial charge in [-0.25, -0.2) is 0 Å². The van der Waals surface area contributed by atoms with Crippen molar-refractivity contribution < 1.29 is 14.3 Å². The predicted octanol–water partition coefficient (Wildman–Crippen LogP) is 1.78. The van der Waals surface area contributed by atoms with Crippen LogP contribution in [0.25, 0.3) is 0 Å². The van der Waals surface area contributed by atoms with Gasteiger partial charge in [-0.1, -0.05) is 0 Å². The van der Waals surface area contributed by atoms with Crippen LogP contribution in [0.1, 0.15) is 19.3 Å². The number of carbonyl (C=O) groups excluding carboxylic acids is 1. The van der Waals surface area contributed by atoms with E-state index in [4.69, 9.17) is 9.47 Å². The van der Waals surface area contributed by atoms with Gasteiger partial charge < -0.3 is 20.1 Å². The van der Waals surface area contributed by atoms with Crippen molar-refractivity contribution in [2.24, 2.45) is 0 Å². The summed E-state index contributed by atoms with van der Waals surface area (Å²) in [6.07, 6.45) is 2.88. The van der Waals surface area contributed by atoms with Crippen molar-refractivity contribution in [3.63, 3.8) is 0 Å². The minimum atomic E-state index is -0.219. The van der Waals surface area contributed by atoms with Gasteiger partial charge in [0.2, 0.25) is 5.91 Å². The number of ether oxygens (including phenoxy) is 2. The molecule has 0 aliphatic carbocycles. The quantitative estimate of drug-likeness (QED) is 0.870. The molecule has 1 aromatic carbocycles. The minimum absolute atomic E-state index is 0.0439. The Kier molecular flexibility index (Phi) is 4.49. The molecule has 2 N–H and O–H groups in total. The molecule has 1 aromatic rings. The summed E-state index contributed by atoms with van der Waals surface area (Å²) in [6.45, 7) is 0.756. The fourth-order valence-corrected chi connectivity index (χ4v) is 2.19. The average Bonchev–Trinajstić information content (AvgIpc) is 2.64. The molecule has 0 saturated carbocycles. The Labute approximate surface area is 113 Å². The molecule has 1 unspecified atom stereocenters. The Morgan fingerprint density at radius 2 is 2.11 bits per heavy atom. The van der Waals surface area contributed by atoms with Crippen molar-refractivity contribution in [1.82, 2.24) is 5.32 Å². The molecule has 1 heterocycles. The van der Waals surface area contributed by atoms with E-state index in [1.165, 1.54) is 0 Å². The summed E-state index contributed by atoms with van der Waals surface area (Å²) < 4.78 is 10.5. The summed E-state index contributed by atoms with van der Waals surface area (Å²) in [4.78, 5) is 11.9. The van der Waals surface area contributed by atoms with Crippen LogP contribution in [0, 0.1) is 0 Å². The van der Waals surface area contributed by atoms with Gasteiger partial charge in [0, 0.05) is 12.6 Å². The van der Waals surface area contributed by atoms with Crippen molar-refractivity contribution in [2.75, 3.05) is 26.1 Å². The molecule has 0 spiro atoms. The molecule has 1 saturated heterocycles. The van der Waals surface area contributed by atoms with Crippen LogP contribution in [0.2, 0.25) is 0 Å². The molecule has 0 aromatic heterocycles. The number of hydrogen-bond donors (Lipinski definition) is 2. The number of nitrogens with one attached hydrogen (secondary N) is 2. The third kappa shape index (κ3) is 3.30. The van der Waals surface area contributed by atoms with E-state index in [0.29, 0.717) is 5.75 Å². The van der Waals surface area contributed by atoms with Crippen LogP contribution >= 0.6 is 0 Å². The number of hydrogen-bond acceptors (Lipinski definition) is 4. The fourth-order valence-electron chi connectivity index (χ4n) is 2.19. The van der Waals surface area contributed by atoms with Gasteiger partial charge in [0.25, 0.3) is 0 Å². The Hall–Kier alpha value is -1.91. The van der Waals surface area contributed by atoms with E-state index in [-0.39, 0.29) is 11.9 Å². The molecule has 1 fully saturated rings. The number of carbonyl (C=O) groups is 1. The molecule has 0 radical (unpaired) electrons. The van der Waals surface area contributed by atoms with E-state index < -0.39 is 0 Å². The highest BCUT2D eigenvalue weighted by molar-refractivity contribution is 5.85. The Morgan fingerprint density at radius 1 is 1.26 bits per heavy atom. The molecule has 1 aliphatic rings. The SMILES string of the molecule is COc1ccc(OC)c(NC2CCCCNC2=O)c1. The smallest absolute Gasteiger partial charge is 0.242 e. The third-order valence-electron chi connectivity index (χ3n) is 3.27. The first-order valence-corrected chi connectivity index (χ1v) is 6.51. The first kappa shape index (κ1) is 13.5. The van der Waals surface area contributed by atoms with Gasteiger partial charge in [0.05, 0.1) is 19.9 Å². The molecule has 1 aliphatic heterocycles. The second-order valence-corrected chi connectivity index (χ2v) is 4.55. The van der Waals surface area contributed by atoms with Crippen molar-refractivity contribution in [3.8, 4) is 11.5 Å². The van der Waals surface area contributed by atoms with Crippen LogP contribution in [0.15, 0.2) is 18.2 Å². The van der Waals surface area contributed by atoms with Crippen LogP contribution in [0.3, 0.4) is 0 Å². The van der Waals surface area contributed by atoms with E-state index in [1.807, 2.05) is 18.2 Å². The molecule has 19 heavy (non-hydrogen) atoms. The lowest BCUT2D eigenvalue weighted by Gasteiger charge is -2.19. The van der Waals surface area contributed by atoms with Crippen LogP contribution in [-0.2, 0) is 4.79 Å². The molecular formula is C14H20N2O3. The van der Waals surface area contributed by atoms with Gasteiger partial charge in [-0.3, -0.25) is 4.79 Å². The maximum absolute atomic E-state index is 11.9. The van der Waals surface area contributed by atoms with Gasteiger partial charge in [-0.05, 0) is 31.4 Å². The lowest BCUT2D eigenvalue weighted by atomic mass is 10.1. The van der Waals surface area contributed by atoms with Crippen molar-refractivity contribution in [2.45, 2.75) is 25.3 Å². The maximum Gasteiger partial charge on any atom is 0.242 e. The highest BCUT2D eigenvalue weighted by Gasteiger charge is 2.21. The summed E-state index contributed by atoms with van der Waals surface area (Å²) in [5.41, 5.74) is 0.781. The topological polar surface area (TPSA) is 59.6 Å². The van der Waals surface area contributed by atoms with Crippen LogP contribution in [0.5, 0.6) is 11.5 Å². The number of methoxy groups -OCH3 is 2. The van der Waals surface area contributed by atoms with Crippen LogP contribution in [0.4, 0.5) is 5.69 Å². The molecule has 2 rings (SSSR count). The zero-order valence-electron chi connectivity index (χ0n) is 11.4. The zero-order chi connectivity index (χ0) is 13.7. The highest BCUT2D eigenvalue weighted by Crippen LogP contribution is 2.30. The second kappa shape index (κ2) is 6.31. The average molecular weight is 264 g/mol. The number of rotatable bonds is 4. The van der Waals surface area contributed by atoms with Crippen molar-refractivity contribution in [3.05, 3.63) is 18.2 Å². The number of benzene rings is 1. The highest BCUT2D eigenvalue weighted by atomic mass is 16.5. The van der Waals surface area contributed by atoms with Gasteiger partial charge in [0.15, 0.2) is 0 Å². The van der Waals surface area contributed by atoms with E-state index in [9.17, 15) is 4.79 Å². The molecule has 1 atom stereocenters. The molecule has 5 heteroatoms. The van der Waals surface area contributed by atoms with Crippen molar-refractivity contribution >= 4 is 11.6 Å². The molecular weight excluding hydrogens is 244 g/mol. The lowest BCUT2D eigenvalue weighted by Crippen LogP contribution is -2.37. The van der Waals surface area contributed by atoms with Gasteiger partial charge in [-0.2, -0.15) is 0 Å². The first-order valence-electron chi connectivity index (χ1n) is 6.51. The normalized spacial score (nSPS) is 19.3. The maximum atomic E-state index is 11.9. The largest absolute Gasteiger partial charge is 0.497 e. The Balaban J connectivity index is 2.18. The number of amides is 1. The predicted molar refractivity (Wildman–Crippen MR) is 73.8 cm³/mol. The van der Waals surface area contributed by atoms with E-state index in [1.54, 1.807) is 14.2 Å². The second-order valence-electron chi connectivity index (χ2n) is 4.55. The molecule has 1 amide bonds. The third-order valence-corrected chi connectivity index (χ3v) is 3.27. The van der Waals surface area contributed by atoms with Crippen LogP contribution < -0.4 is 20.1 Å². The summed E-state index contributed by atoms with van der Waals surface area (Å²) in [5.74, 6) is 1.48. The summed E-state index contributed by atoms with van der Waals surface area (Å²) in [6, 6.07) is 5.28. The number of anilines is 1. The lowest BCUT2D eigenvalue weighted by molar-refractivity contribution is -0.121. The summed E-state index contributed by atoms with van der Waals surface area (Å²) in [5, 5.41) is 6.16. The van der Waals surface area contributed by atoms with Crippen LogP contribution in [-0.4, -0.2) is 32.7 Å². The van der Waals surface area contributed by atoms with E-state index in [0.717, 1.165) is 37.2 Å². The molecule has 5 nitrogen and oxygen atoms in total. The van der Waals surface area contributed by atoms with E-state index >= 15 is 0 Å². The minimum Gasteiger partial charge on any atom is -0.497 e. The standard InChI is InChI=1S/C14H20N2O3/c1-18-10-6-7-13(19-2)12(9-10)16-11-5-3-4-8-15-14(11)17/h6-7,9,11,16H,3-5,8H2,1-2H3,(H,15,17). The summed E-state index contributed by atoms with van der Waals surface area (Å²) >= 11 is 0.